The van der Waals surface area contributed by atoms with Gasteiger partial charge in [0.2, 0.25) is 5.88 Å². The summed E-state index contributed by atoms with van der Waals surface area (Å²) in [5, 5.41) is 4.70. The van der Waals surface area contributed by atoms with E-state index in [1.54, 1.807) is 6.21 Å². The van der Waals surface area contributed by atoms with E-state index >= 15 is 0 Å². The number of Topliss-reactive ketones (excluding diaryl/α,β-unsaturated/α-hetero) is 1. The van der Waals surface area contributed by atoms with Gasteiger partial charge in [0, 0.05) is 43.6 Å². The van der Waals surface area contributed by atoms with Crippen LogP contribution in [0.15, 0.2) is 28.1 Å². The molecule has 1 atom stereocenters. The largest absolute Gasteiger partial charge is 0.472 e. The molecule has 8 nitrogen and oxygen atoms in total. The monoisotopic (exact) mass is 400 g/mol. The average molecular weight is 401 g/mol. The van der Waals surface area contributed by atoms with Gasteiger partial charge in [-0.15, -0.1) is 0 Å². The van der Waals surface area contributed by atoms with Crippen molar-refractivity contribution in [3.05, 3.63) is 34.5 Å². The van der Waals surface area contributed by atoms with Crippen LogP contribution in [0.5, 0.6) is 5.88 Å². The second-order valence-electron chi connectivity index (χ2n) is 6.98. The number of ether oxygens (including phenoxy) is 1. The molecule has 0 bridgehead atoms. The van der Waals surface area contributed by atoms with E-state index in [4.69, 9.17) is 16.3 Å². The smallest absolute Gasteiger partial charge is 0.217 e. The summed E-state index contributed by atoms with van der Waals surface area (Å²) in [5.74, 6) is 0.374. The minimum atomic E-state index is -0.147. The van der Waals surface area contributed by atoms with Crippen molar-refractivity contribution in [2.45, 2.75) is 26.4 Å². The van der Waals surface area contributed by atoms with Crippen molar-refractivity contribution in [3.8, 4) is 17.1 Å². The molecule has 4 heterocycles. The van der Waals surface area contributed by atoms with Crippen LogP contribution in [-0.2, 0) is 11.8 Å². The molecular weight excluding hydrogens is 380 g/mol. The number of ketones is 1. The van der Waals surface area contributed by atoms with Gasteiger partial charge in [-0.05, 0) is 13.8 Å². The molecule has 146 valence electrons. The van der Waals surface area contributed by atoms with Crippen LogP contribution in [0.1, 0.15) is 17.8 Å². The van der Waals surface area contributed by atoms with Gasteiger partial charge >= 0.3 is 0 Å². The van der Waals surface area contributed by atoms with Crippen molar-refractivity contribution in [2.24, 2.45) is 12.0 Å². The molecule has 1 fully saturated rings. The molecule has 0 aromatic carbocycles. The predicted octanol–water partition coefficient (Wildman–Crippen LogP) is 2.05. The van der Waals surface area contributed by atoms with Gasteiger partial charge in [0.25, 0.3) is 0 Å². The highest BCUT2D eigenvalue weighted by Crippen LogP contribution is 2.28. The van der Waals surface area contributed by atoms with E-state index in [1.165, 1.54) is 6.33 Å². The first kappa shape index (κ1) is 18.6. The third-order valence-corrected chi connectivity index (χ3v) is 5.50. The highest BCUT2D eigenvalue weighted by atomic mass is 35.5. The van der Waals surface area contributed by atoms with Crippen LogP contribution in [-0.4, -0.2) is 62.4 Å². The van der Waals surface area contributed by atoms with Crippen LogP contribution >= 0.6 is 11.6 Å². The molecule has 0 amide bonds. The van der Waals surface area contributed by atoms with Gasteiger partial charge in [-0.1, -0.05) is 11.6 Å². The number of halogens is 1. The topological polar surface area (TPSA) is 85.5 Å². The summed E-state index contributed by atoms with van der Waals surface area (Å²) < 4.78 is 7.93. The number of hydrogen-bond acceptors (Lipinski definition) is 7. The molecule has 4 rings (SSSR count). The maximum atomic E-state index is 11.8. The van der Waals surface area contributed by atoms with E-state index in [1.807, 2.05) is 36.5 Å². The number of hydrogen-bond donors (Lipinski definition) is 0. The minimum absolute atomic E-state index is 0.0544. The number of carbonyl (C=O) groups is 1. The molecule has 2 aromatic rings. The first-order valence-electron chi connectivity index (χ1n) is 9.11. The van der Waals surface area contributed by atoms with Crippen molar-refractivity contribution in [1.29, 1.82) is 0 Å². The number of nitrogens with zero attached hydrogens (tertiary/aromatic N) is 6. The zero-order valence-corrected chi connectivity index (χ0v) is 16.8. The number of allylic oxidation sites excluding steroid dienone is 1. The number of aliphatic imine (C=N–C) groups is 1. The minimum Gasteiger partial charge on any atom is -0.472 e. The summed E-state index contributed by atoms with van der Waals surface area (Å²) in [6, 6.07) is 1.84. The second kappa shape index (κ2) is 7.35. The Labute approximate surface area is 167 Å². The third-order valence-electron chi connectivity index (χ3n) is 5.10. The fraction of sp³-hybridized carbons (Fsp3) is 0.421. The molecule has 2 aliphatic rings. The van der Waals surface area contributed by atoms with Crippen LogP contribution < -0.4 is 4.74 Å². The van der Waals surface area contributed by atoms with Crippen LogP contribution in [0.2, 0.25) is 0 Å². The van der Waals surface area contributed by atoms with Gasteiger partial charge in [0.05, 0.1) is 23.6 Å². The Kier molecular flexibility index (Phi) is 4.89. The van der Waals surface area contributed by atoms with E-state index in [-0.39, 0.29) is 23.5 Å². The number of dihydropyridines is 1. The lowest BCUT2D eigenvalue weighted by Gasteiger charge is -2.22. The zero-order valence-electron chi connectivity index (χ0n) is 16.0. The van der Waals surface area contributed by atoms with E-state index in [0.717, 1.165) is 35.6 Å². The summed E-state index contributed by atoms with van der Waals surface area (Å²) in [6.07, 6.45) is 3.93. The average Bonchev–Trinajstić information content (AvgIpc) is 3.22. The fourth-order valence-electron chi connectivity index (χ4n) is 3.60. The number of carbonyl (C=O) groups excluding carboxylic acids is 1. The summed E-state index contributed by atoms with van der Waals surface area (Å²) in [7, 11) is 1.91. The summed E-state index contributed by atoms with van der Waals surface area (Å²) in [4.78, 5) is 26.5. The Morgan fingerprint density at radius 1 is 1.29 bits per heavy atom. The molecule has 2 aromatic heterocycles. The number of aryl methyl sites for hydroxylation is 2. The third kappa shape index (κ3) is 3.40. The van der Waals surface area contributed by atoms with Crippen molar-refractivity contribution >= 4 is 23.6 Å². The Hall–Kier alpha value is -2.74. The van der Waals surface area contributed by atoms with E-state index < -0.39 is 0 Å². The standard InChI is InChI=1S/C19H21ClN6O2/c1-11-18(12(2)25(3)24-11)14-6-17(23-10-22-14)28-13-4-5-26(9-13)15-7-21-8-16(27)19(15)20/h6-7,10,13H,4-5,8-9H2,1-3H3/t13-/m1/s1. The van der Waals surface area contributed by atoms with Crippen LogP contribution in [0, 0.1) is 13.8 Å². The fourth-order valence-corrected chi connectivity index (χ4v) is 3.83. The molecule has 0 spiro atoms. The number of aromatic nitrogens is 4. The van der Waals surface area contributed by atoms with Crippen molar-refractivity contribution in [1.82, 2.24) is 24.6 Å². The molecule has 28 heavy (non-hydrogen) atoms. The lowest BCUT2D eigenvalue weighted by molar-refractivity contribution is -0.113. The first-order valence-corrected chi connectivity index (χ1v) is 9.49. The van der Waals surface area contributed by atoms with Crippen LogP contribution in [0.25, 0.3) is 11.3 Å². The van der Waals surface area contributed by atoms with E-state index in [2.05, 4.69) is 20.1 Å². The maximum absolute atomic E-state index is 11.8. The molecule has 2 aliphatic heterocycles. The van der Waals surface area contributed by atoms with E-state index in [0.29, 0.717) is 18.1 Å². The molecule has 0 radical (unpaired) electrons. The highest BCUT2D eigenvalue weighted by Gasteiger charge is 2.29. The molecule has 9 heteroatoms. The Balaban J connectivity index is 1.50. The zero-order chi connectivity index (χ0) is 19.8. The van der Waals surface area contributed by atoms with Gasteiger partial charge < -0.3 is 9.64 Å². The van der Waals surface area contributed by atoms with Gasteiger partial charge in [-0.3, -0.25) is 14.5 Å². The molecule has 0 unspecified atom stereocenters. The van der Waals surface area contributed by atoms with Crippen molar-refractivity contribution < 1.29 is 9.53 Å². The van der Waals surface area contributed by atoms with Crippen molar-refractivity contribution in [3.63, 3.8) is 0 Å². The highest BCUT2D eigenvalue weighted by molar-refractivity contribution is 6.44. The summed E-state index contributed by atoms with van der Waals surface area (Å²) >= 11 is 6.17. The second-order valence-corrected chi connectivity index (χ2v) is 7.36. The molecule has 0 aliphatic carbocycles. The maximum Gasteiger partial charge on any atom is 0.217 e. The van der Waals surface area contributed by atoms with Gasteiger partial charge in [0.15, 0.2) is 5.78 Å². The van der Waals surface area contributed by atoms with Crippen molar-refractivity contribution in [2.75, 3.05) is 19.6 Å². The van der Waals surface area contributed by atoms with Crippen LogP contribution in [0.4, 0.5) is 0 Å². The lowest BCUT2D eigenvalue weighted by Crippen LogP contribution is -2.28. The first-order chi connectivity index (χ1) is 13.4. The van der Waals surface area contributed by atoms with E-state index in [9.17, 15) is 4.79 Å². The number of rotatable bonds is 4. The van der Waals surface area contributed by atoms with Gasteiger partial charge in [-0.2, -0.15) is 5.10 Å². The Bertz CT molecular complexity index is 996. The summed E-state index contributed by atoms with van der Waals surface area (Å²) in [5.41, 5.74) is 4.42. The molecule has 0 N–H and O–H groups in total. The van der Waals surface area contributed by atoms with Gasteiger partial charge in [0.1, 0.15) is 24.0 Å². The Morgan fingerprint density at radius 3 is 2.86 bits per heavy atom. The quantitative estimate of drug-likeness (QED) is 0.780. The Morgan fingerprint density at radius 2 is 2.11 bits per heavy atom. The number of likely N-dealkylation sites (tertiary alicyclic amines) is 1. The van der Waals surface area contributed by atoms with Crippen LogP contribution in [0.3, 0.4) is 0 Å². The predicted molar refractivity (Wildman–Crippen MR) is 106 cm³/mol. The van der Waals surface area contributed by atoms with Gasteiger partial charge in [-0.25, -0.2) is 9.97 Å². The normalized spacial score (nSPS) is 19.6. The summed E-state index contributed by atoms with van der Waals surface area (Å²) in [6.45, 7) is 5.46. The molecular formula is C19H21ClN6O2. The lowest BCUT2D eigenvalue weighted by atomic mass is 10.1. The molecule has 0 saturated carbocycles. The molecule has 1 saturated heterocycles. The SMILES string of the molecule is Cc1nn(C)c(C)c1-c1cc(O[C@@H]2CCN(C3=C(Cl)C(=O)CN=C3)C2)ncn1.